The molecule has 0 spiro atoms. The first-order valence-electron chi connectivity index (χ1n) is 7.84. The second-order valence-electron chi connectivity index (χ2n) is 5.77. The quantitative estimate of drug-likeness (QED) is 0.822. The molecular weight excluding hydrogens is 286 g/mol. The van der Waals surface area contributed by atoms with Gasteiger partial charge in [-0.1, -0.05) is 72.8 Å². The van der Waals surface area contributed by atoms with Crippen molar-refractivity contribution in [1.82, 2.24) is 5.32 Å². The number of hydrogen-bond acceptors (Lipinski definition) is 2. The van der Waals surface area contributed by atoms with Crippen LogP contribution in [0.5, 0.6) is 0 Å². The Morgan fingerprint density at radius 1 is 1.09 bits per heavy atom. The molecule has 1 unspecified atom stereocenters. The van der Waals surface area contributed by atoms with Gasteiger partial charge in [-0.15, -0.1) is 0 Å². The molecule has 0 aliphatic heterocycles. The van der Waals surface area contributed by atoms with E-state index in [0.29, 0.717) is 12.8 Å². The summed E-state index contributed by atoms with van der Waals surface area (Å²) in [6.45, 7) is 1.91. The molecule has 2 N–H and O–H groups in total. The molecule has 23 heavy (non-hydrogen) atoms. The Morgan fingerprint density at radius 3 is 2.35 bits per heavy atom. The lowest BCUT2D eigenvalue weighted by Gasteiger charge is -2.24. The molecule has 0 aliphatic carbocycles. The highest BCUT2D eigenvalue weighted by Crippen LogP contribution is 2.18. The van der Waals surface area contributed by atoms with Gasteiger partial charge in [0.2, 0.25) is 5.91 Å². The molecular formula is C20H23NO2. The highest BCUT2D eigenvalue weighted by Gasteiger charge is 2.23. The zero-order valence-corrected chi connectivity index (χ0v) is 13.4. The van der Waals surface area contributed by atoms with E-state index in [4.69, 9.17) is 0 Å². The van der Waals surface area contributed by atoms with Crippen molar-refractivity contribution >= 4 is 12.0 Å². The smallest absolute Gasteiger partial charge is 0.220 e. The third kappa shape index (κ3) is 5.72. The molecule has 0 saturated heterocycles. The fourth-order valence-electron chi connectivity index (χ4n) is 2.26. The van der Waals surface area contributed by atoms with Crippen molar-refractivity contribution in [2.45, 2.75) is 25.4 Å². The van der Waals surface area contributed by atoms with E-state index in [0.717, 1.165) is 11.1 Å². The van der Waals surface area contributed by atoms with Crippen molar-refractivity contribution in [2.75, 3.05) is 6.54 Å². The predicted octanol–water partition coefficient (Wildman–Crippen LogP) is 3.50. The molecule has 0 aliphatic rings. The van der Waals surface area contributed by atoms with Gasteiger partial charge in [0, 0.05) is 6.42 Å². The first-order chi connectivity index (χ1) is 11.1. The van der Waals surface area contributed by atoms with Crippen LogP contribution in [-0.2, 0) is 10.4 Å². The molecule has 0 bridgehead atoms. The van der Waals surface area contributed by atoms with Gasteiger partial charge in [-0.05, 0) is 24.5 Å². The zero-order chi connectivity index (χ0) is 16.5. The number of hydrogen-bond donors (Lipinski definition) is 2. The van der Waals surface area contributed by atoms with Crippen LogP contribution in [0.3, 0.4) is 0 Å². The summed E-state index contributed by atoms with van der Waals surface area (Å²) in [7, 11) is 0. The number of nitrogens with one attached hydrogen (secondary N) is 1. The van der Waals surface area contributed by atoms with Crippen LogP contribution in [0.25, 0.3) is 6.08 Å². The lowest BCUT2D eigenvalue weighted by Crippen LogP contribution is -2.38. The van der Waals surface area contributed by atoms with Gasteiger partial charge in [-0.25, -0.2) is 0 Å². The summed E-state index contributed by atoms with van der Waals surface area (Å²) >= 11 is 0. The average molecular weight is 309 g/mol. The van der Waals surface area contributed by atoms with Gasteiger partial charge in [-0.2, -0.15) is 0 Å². The minimum atomic E-state index is -1.06. The second kappa shape index (κ2) is 8.30. The van der Waals surface area contributed by atoms with Crippen LogP contribution in [0.1, 0.15) is 30.9 Å². The van der Waals surface area contributed by atoms with E-state index in [-0.39, 0.29) is 12.5 Å². The van der Waals surface area contributed by atoms with Crippen molar-refractivity contribution in [3.8, 4) is 0 Å². The van der Waals surface area contributed by atoms with Gasteiger partial charge >= 0.3 is 0 Å². The Bertz CT molecular complexity index is 633. The molecule has 0 radical (unpaired) electrons. The van der Waals surface area contributed by atoms with Crippen molar-refractivity contribution in [1.29, 1.82) is 0 Å². The van der Waals surface area contributed by atoms with E-state index in [1.165, 1.54) is 0 Å². The average Bonchev–Trinajstić information content (AvgIpc) is 2.59. The molecule has 3 heteroatoms. The fraction of sp³-hybridized carbons (Fsp3) is 0.250. The van der Waals surface area contributed by atoms with Gasteiger partial charge in [0.05, 0.1) is 6.54 Å². The molecule has 0 fully saturated rings. The summed E-state index contributed by atoms with van der Waals surface area (Å²) in [5.41, 5.74) is 0.862. The van der Waals surface area contributed by atoms with Crippen LogP contribution in [0.2, 0.25) is 0 Å². The minimum absolute atomic E-state index is 0.0566. The summed E-state index contributed by atoms with van der Waals surface area (Å²) in [6.07, 6.45) is 5.08. The lowest BCUT2D eigenvalue weighted by atomic mass is 9.96. The molecule has 3 nitrogen and oxygen atoms in total. The summed E-state index contributed by atoms with van der Waals surface area (Å²) in [5.74, 6) is -0.0566. The molecule has 2 aromatic rings. The van der Waals surface area contributed by atoms with Crippen LogP contribution in [-0.4, -0.2) is 17.6 Å². The van der Waals surface area contributed by atoms with Gasteiger partial charge in [0.25, 0.3) is 0 Å². The maximum Gasteiger partial charge on any atom is 0.220 e. The molecule has 1 atom stereocenters. The van der Waals surface area contributed by atoms with Crippen molar-refractivity contribution in [3.63, 3.8) is 0 Å². The van der Waals surface area contributed by atoms with Crippen molar-refractivity contribution in [3.05, 3.63) is 77.9 Å². The highest BCUT2D eigenvalue weighted by molar-refractivity contribution is 5.76. The molecule has 0 saturated carbocycles. The Hall–Kier alpha value is -2.39. The third-order valence-electron chi connectivity index (χ3n) is 3.67. The van der Waals surface area contributed by atoms with E-state index in [1.54, 1.807) is 6.92 Å². The number of amides is 1. The van der Waals surface area contributed by atoms with Crippen LogP contribution in [0.15, 0.2) is 66.7 Å². The number of benzene rings is 2. The van der Waals surface area contributed by atoms with E-state index in [9.17, 15) is 9.90 Å². The minimum Gasteiger partial charge on any atom is -0.384 e. The molecule has 0 heterocycles. The standard InChI is InChI=1S/C20H23NO2/c1-20(23,18-13-6-3-7-14-18)16-21-19(22)15-9-8-12-17-10-4-2-5-11-17/h2-8,10-14,23H,9,15-16H2,1H3,(H,21,22). The van der Waals surface area contributed by atoms with Crippen molar-refractivity contribution in [2.24, 2.45) is 0 Å². The topological polar surface area (TPSA) is 49.3 Å². The third-order valence-corrected chi connectivity index (χ3v) is 3.67. The van der Waals surface area contributed by atoms with Crippen LogP contribution in [0.4, 0.5) is 0 Å². The summed E-state index contributed by atoms with van der Waals surface area (Å²) in [6, 6.07) is 19.3. The fourth-order valence-corrected chi connectivity index (χ4v) is 2.26. The van der Waals surface area contributed by atoms with Crippen LogP contribution >= 0.6 is 0 Å². The predicted molar refractivity (Wildman–Crippen MR) is 93.7 cm³/mol. The number of rotatable bonds is 7. The summed E-state index contributed by atoms with van der Waals surface area (Å²) in [5, 5.41) is 13.2. The van der Waals surface area contributed by atoms with Crippen molar-refractivity contribution < 1.29 is 9.90 Å². The van der Waals surface area contributed by atoms with E-state index in [1.807, 2.05) is 72.8 Å². The van der Waals surface area contributed by atoms with Gasteiger partial charge in [0.1, 0.15) is 5.60 Å². The molecule has 2 aromatic carbocycles. The van der Waals surface area contributed by atoms with Crippen LogP contribution in [0, 0.1) is 0 Å². The van der Waals surface area contributed by atoms with Gasteiger partial charge in [-0.3, -0.25) is 4.79 Å². The molecule has 1 amide bonds. The largest absolute Gasteiger partial charge is 0.384 e. The SMILES string of the molecule is CC(O)(CNC(=O)CCC=Cc1ccccc1)c1ccccc1. The second-order valence-corrected chi connectivity index (χ2v) is 5.77. The Balaban J connectivity index is 1.74. The lowest BCUT2D eigenvalue weighted by molar-refractivity contribution is -0.122. The monoisotopic (exact) mass is 309 g/mol. The number of carbonyl (C=O) groups excluding carboxylic acids is 1. The number of aliphatic hydroxyl groups is 1. The first-order valence-corrected chi connectivity index (χ1v) is 7.84. The van der Waals surface area contributed by atoms with E-state index < -0.39 is 5.60 Å². The first kappa shape index (κ1) is 17.0. The zero-order valence-electron chi connectivity index (χ0n) is 13.4. The summed E-state index contributed by atoms with van der Waals surface area (Å²) < 4.78 is 0. The van der Waals surface area contributed by atoms with Crippen LogP contribution < -0.4 is 5.32 Å². The Kier molecular flexibility index (Phi) is 6.12. The number of carbonyl (C=O) groups is 1. The molecule has 120 valence electrons. The van der Waals surface area contributed by atoms with Gasteiger partial charge < -0.3 is 10.4 Å². The van der Waals surface area contributed by atoms with E-state index >= 15 is 0 Å². The maximum atomic E-state index is 11.9. The highest BCUT2D eigenvalue weighted by atomic mass is 16.3. The number of allylic oxidation sites excluding steroid dienone is 1. The Morgan fingerprint density at radius 2 is 1.70 bits per heavy atom. The van der Waals surface area contributed by atoms with E-state index in [2.05, 4.69) is 5.32 Å². The Labute approximate surface area is 137 Å². The molecule has 2 rings (SSSR count). The van der Waals surface area contributed by atoms with Gasteiger partial charge in [0.15, 0.2) is 0 Å². The normalized spacial score (nSPS) is 13.7. The molecule has 0 aromatic heterocycles. The summed E-state index contributed by atoms with van der Waals surface area (Å²) in [4.78, 5) is 11.9. The maximum absolute atomic E-state index is 11.9.